The molecule has 2 heterocycles. The molecule has 66 heavy (non-hydrogen) atoms. The Kier molecular flexibility index (Phi) is 12.1. The van der Waals surface area contributed by atoms with Crippen LogP contribution in [0.4, 0.5) is 9.59 Å². The van der Waals surface area contributed by atoms with Crippen LogP contribution in [-0.2, 0) is 19.1 Å². The van der Waals surface area contributed by atoms with Crippen molar-refractivity contribution in [2.24, 2.45) is 10.8 Å². The number of H-pyrrole nitrogens is 2. The third kappa shape index (κ3) is 9.17. The van der Waals surface area contributed by atoms with Gasteiger partial charge in [-0.05, 0) is 57.1 Å². The van der Waals surface area contributed by atoms with Gasteiger partial charge in [0.05, 0.1) is 50.1 Å². The third-order valence-electron chi connectivity index (χ3n) is 12.9. The van der Waals surface area contributed by atoms with Crippen LogP contribution in [0.2, 0.25) is 0 Å². The molecular weight excluding hydrogens is 833 g/mol. The van der Waals surface area contributed by atoms with Crippen molar-refractivity contribution in [3.05, 3.63) is 144 Å². The second-order valence-electron chi connectivity index (χ2n) is 19.6. The minimum Gasteiger partial charge on any atom is -0.453 e. The van der Waals surface area contributed by atoms with Gasteiger partial charge in [0.2, 0.25) is 11.8 Å². The Morgan fingerprint density at radius 3 is 1.20 bits per heavy atom. The summed E-state index contributed by atoms with van der Waals surface area (Å²) in [6, 6.07) is 34.8. The summed E-state index contributed by atoms with van der Waals surface area (Å²) in [5.41, 5.74) is 4.30. The SMILES string of the molecule is COC(=O)N[C@]1(C(=O)N[C@H](c2ncc(-c3ccc(-c4ccc(-c5cnc([C@@H](NC(=O)[C@@]6(NC(=O)OC)C[C@@H]6c6ccccc6)C(C)(C)C)[nH]5)cc4)cc3)[nH]2)C(C)(C)C)CC1c1ccccc1. The highest BCUT2D eigenvalue weighted by molar-refractivity contribution is 5.96. The molecule has 0 radical (unpaired) electrons. The Morgan fingerprint density at radius 1 is 0.545 bits per heavy atom. The van der Waals surface area contributed by atoms with Crippen LogP contribution >= 0.6 is 0 Å². The zero-order chi connectivity index (χ0) is 47.0. The number of carbonyl (C=O) groups excluding carboxylic acids is 4. The predicted molar refractivity (Wildman–Crippen MR) is 252 cm³/mol. The first-order valence-corrected chi connectivity index (χ1v) is 22.2. The summed E-state index contributed by atoms with van der Waals surface area (Å²) >= 11 is 0. The maximum Gasteiger partial charge on any atom is 0.407 e. The Hall–Kier alpha value is -7.22. The fourth-order valence-corrected chi connectivity index (χ4v) is 8.91. The molecule has 0 spiro atoms. The second-order valence-corrected chi connectivity index (χ2v) is 19.6. The molecule has 14 nitrogen and oxygen atoms in total. The Morgan fingerprint density at radius 2 is 0.879 bits per heavy atom. The number of benzene rings is 4. The molecule has 4 aromatic carbocycles. The van der Waals surface area contributed by atoms with E-state index in [1.54, 1.807) is 12.4 Å². The van der Waals surface area contributed by atoms with Crippen LogP contribution in [0.5, 0.6) is 0 Å². The number of nitrogens with one attached hydrogen (secondary N) is 6. The van der Waals surface area contributed by atoms with Crippen LogP contribution in [0.3, 0.4) is 0 Å². The topological polar surface area (TPSA) is 192 Å². The fraction of sp³-hybridized carbons (Fsp3) is 0.346. The van der Waals surface area contributed by atoms with E-state index in [1.165, 1.54) is 14.2 Å². The van der Waals surface area contributed by atoms with Crippen LogP contribution in [0.1, 0.15) is 101 Å². The minimum atomic E-state index is -1.14. The van der Waals surface area contributed by atoms with Crippen LogP contribution in [0, 0.1) is 10.8 Å². The molecule has 1 unspecified atom stereocenters. The number of carbonyl (C=O) groups is 4. The largest absolute Gasteiger partial charge is 0.453 e. The molecular formula is C52H58N8O6. The van der Waals surface area contributed by atoms with Gasteiger partial charge in [-0.15, -0.1) is 0 Å². The Bertz CT molecular complexity index is 2520. The van der Waals surface area contributed by atoms with Crippen LogP contribution in [0.25, 0.3) is 33.6 Å². The van der Waals surface area contributed by atoms with Gasteiger partial charge in [-0.3, -0.25) is 9.59 Å². The van der Waals surface area contributed by atoms with E-state index in [1.807, 2.05) is 126 Å². The van der Waals surface area contributed by atoms with Gasteiger partial charge in [0.25, 0.3) is 0 Å². The minimum absolute atomic E-state index is 0.194. The molecule has 6 atom stereocenters. The van der Waals surface area contributed by atoms with E-state index < -0.39 is 46.2 Å². The maximum atomic E-state index is 14.1. The number of nitrogens with zero attached hydrogens (tertiary/aromatic N) is 2. The molecule has 14 heteroatoms. The van der Waals surface area contributed by atoms with Crippen molar-refractivity contribution in [2.45, 2.75) is 89.4 Å². The van der Waals surface area contributed by atoms with Crippen molar-refractivity contribution < 1.29 is 28.7 Å². The summed E-state index contributed by atoms with van der Waals surface area (Å²) in [6.07, 6.45) is 3.13. The molecule has 6 aromatic rings. The highest BCUT2D eigenvalue weighted by atomic mass is 16.5. The van der Waals surface area contributed by atoms with Gasteiger partial charge in [0, 0.05) is 11.8 Å². The van der Waals surface area contributed by atoms with Crippen molar-refractivity contribution >= 4 is 24.0 Å². The lowest BCUT2D eigenvalue weighted by Crippen LogP contribution is -2.52. The number of methoxy groups -OCH3 is 2. The Balaban J connectivity index is 0.946. The highest BCUT2D eigenvalue weighted by Crippen LogP contribution is 2.53. The summed E-state index contributed by atoms with van der Waals surface area (Å²) in [5.74, 6) is 0.230. The normalized spacial score (nSPS) is 20.8. The summed E-state index contributed by atoms with van der Waals surface area (Å²) in [7, 11) is 2.58. The van der Waals surface area contributed by atoms with Crippen molar-refractivity contribution in [2.75, 3.05) is 14.2 Å². The highest BCUT2D eigenvalue weighted by Gasteiger charge is 2.63. The lowest BCUT2D eigenvalue weighted by atomic mass is 9.85. The molecule has 2 aliphatic rings. The van der Waals surface area contributed by atoms with E-state index in [0.717, 1.165) is 44.8 Å². The number of aromatic amines is 2. The number of amides is 4. The molecule has 2 saturated carbocycles. The van der Waals surface area contributed by atoms with Crippen LogP contribution in [0.15, 0.2) is 122 Å². The van der Waals surface area contributed by atoms with E-state index in [9.17, 15) is 19.2 Å². The monoisotopic (exact) mass is 890 g/mol. The summed E-state index contributed by atoms with van der Waals surface area (Å²) in [5, 5.41) is 12.1. The average molecular weight is 891 g/mol. The molecule has 342 valence electrons. The van der Waals surface area contributed by atoms with Gasteiger partial charge in [-0.1, -0.05) is 151 Å². The van der Waals surface area contributed by atoms with Crippen molar-refractivity contribution in [3.63, 3.8) is 0 Å². The molecule has 2 aliphatic carbocycles. The average Bonchev–Trinajstić information content (AvgIpc) is 4.06. The third-order valence-corrected chi connectivity index (χ3v) is 12.9. The van der Waals surface area contributed by atoms with Crippen LogP contribution in [-0.4, -0.2) is 69.2 Å². The van der Waals surface area contributed by atoms with E-state index >= 15 is 0 Å². The lowest BCUT2D eigenvalue weighted by Gasteiger charge is -2.32. The Labute approximate surface area is 385 Å². The standard InChI is InChI=1S/C52H58N8O6/c1-49(2,3)41(57-45(61)51(59-47(63)65-7)27-37(51)33-15-11-9-12-16-33)43-53-29-39(55-43)35-23-19-31(20-24-35)32-21-25-36(26-22-32)40-30-54-44(56-40)42(50(4,5)6)58-46(62)52(60-48(64)66-8)28-38(52)34-17-13-10-14-18-34/h9-26,29-30,37-38,41-42H,27-28H2,1-8H3,(H,53,55)(H,54,56)(H,57,61)(H,58,62)(H,59,63)(H,60,64)/t37-,38?,41-,42-,51-,52-/m1/s1. The lowest BCUT2D eigenvalue weighted by molar-refractivity contribution is -0.126. The first-order valence-electron chi connectivity index (χ1n) is 22.2. The fourth-order valence-electron chi connectivity index (χ4n) is 8.91. The number of hydrogen-bond acceptors (Lipinski definition) is 8. The number of hydrogen-bond donors (Lipinski definition) is 6. The first-order chi connectivity index (χ1) is 31.5. The molecule has 0 bridgehead atoms. The smallest absolute Gasteiger partial charge is 0.407 e. The second kappa shape index (κ2) is 17.6. The molecule has 0 saturated heterocycles. The van der Waals surface area contributed by atoms with Gasteiger partial charge >= 0.3 is 12.2 Å². The molecule has 2 fully saturated rings. The van der Waals surface area contributed by atoms with E-state index in [2.05, 4.69) is 55.5 Å². The quantitative estimate of drug-likeness (QED) is 0.0661. The summed E-state index contributed by atoms with van der Waals surface area (Å²) in [6.45, 7) is 12.2. The summed E-state index contributed by atoms with van der Waals surface area (Å²) < 4.78 is 9.83. The molecule has 0 aliphatic heterocycles. The zero-order valence-corrected chi connectivity index (χ0v) is 38.6. The van der Waals surface area contributed by atoms with Gasteiger partial charge < -0.3 is 40.7 Å². The maximum absolute atomic E-state index is 14.1. The number of rotatable bonds is 13. The number of ether oxygens (including phenoxy) is 2. The number of aromatic nitrogens is 4. The summed E-state index contributed by atoms with van der Waals surface area (Å²) in [4.78, 5) is 69.5. The number of imidazole rings is 2. The van der Waals surface area contributed by atoms with Gasteiger partial charge in [-0.2, -0.15) is 0 Å². The first kappa shape index (κ1) is 45.4. The van der Waals surface area contributed by atoms with Crippen molar-refractivity contribution in [1.29, 1.82) is 0 Å². The van der Waals surface area contributed by atoms with Gasteiger partial charge in [0.1, 0.15) is 22.7 Å². The van der Waals surface area contributed by atoms with Crippen molar-refractivity contribution in [1.82, 2.24) is 41.2 Å². The van der Waals surface area contributed by atoms with E-state index in [-0.39, 0.29) is 23.7 Å². The zero-order valence-electron chi connectivity index (χ0n) is 38.6. The molecule has 8 rings (SSSR count). The molecule has 6 N–H and O–H groups in total. The predicted octanol–water partition coefficient (Wildman–Crippen LogP) is 9.11. The molecule has 4 amide bonds. The van der Waals surface area contributed by atoms with E-state index in [0.29, 0.717) is 24.5 Å². The van der Waals surface area contributed by atoms with Crippen molar-refractivity contribution in [3.8, 4) is 33.6 Å². The van der Waals surface area contributed by atoms with Crippen LogP contribution < -0.4 is 21.3 Å². The van der Waals surface area contributed by atoms with Gasteiger partial charge in [0.15, 0.2) is 0 Å². The van der Waals surface area contributed by atoms with E-state index in [4.69, 9.17) is 19.4 Å². The van der Waals surface area contributed by atoms with Gasteiger partial charge in [-0.25, -0.2) is 19.6 Å². The molecule has 2 aromatic heterocycles. The number of alkyl carbamates (subject to hydrolysis) is 2.